The standard InChI is InChI=1S/C11H4Cl3IO4/c12-6-2-1-4-5(9(6)14)3-7(13)8(11(16)17)10(4)15(18)19/h1-3H,(H,16,17). The third kappa shape index (κ3) is 2.52. The Hall–Kier alpha value is -0.630. The normalized spacial score (nSPS) is 11.2. The van der Waals surface area contributed by atoms with Gasteiger partial charge in [-0.15, -0.1) is 0 Å². The van der Waals surface area contributed by atoms with Gasteiger partial charge in [0, 0.05) is 10.8 Å². The number of fused-ring (bicyclic) bond motifs is 1. The molecule has 0 bridgehead atoms. The maximum absolute atomic E-state index is 11.4. The first-order valence-electron chi connectivity index (χ1n) is 4.73. The average molecular weight is 433 g/mol. The largest absolute Gasteiger partial charge is 0.478 e. The summed E-state index contributed by atoms with van der Waals surface area (Å²) in [5.74, 6) is -1.40. The number of rotatable bonds is 2. The molecule has 0 spiro atoms. The molecule has 0 aliphatic heterocycles. The Labute approximate surface area is 129 Å². The van der Waals surface area contributed by atoms with Gasteiger partial charge in [0.2, 0.25) is 0 Å². The van der Waals surface area contributed by atoms with E-state index in [-0.39, 0.29) is 24.0 Å². The summed E-state index contributed by atoms with van der Waals surface area (Å²) in [6, 6.07) is 4.13. The quantitative estimate of drug-likeness (QED) is 0.687. The van der Waals surface area contributed by atoms with Crippen molar-refractivity contribution >= 4 is 71.3 Å². The highest BCUT2D eigenvalue weighted by Crippen LogP contribution is 2.40. The molecule has 0 aliphatic rings. The molecule has 100 valence electrons. The molecule has 8 heteroatoms. The molecule has 0 atom stereocenters. The minimum absolute atomic E-state index is 0.136. The van der Waals surface area contributed by atoms with Gasteiger partial charge in [-0.1, -0.05) is 40.9 Å². The van der Waals surface area contributed by atoms with Gasteiger partial charge in [-0.25, -0.2) is 10.9 Å². The summed E-state index contributed by atoms with van der Waals surface area (Å²) in [5, 5.41) is 9.79. The van der Waals surface area contributed by atoms with Gasteiger partial charge >= 0.3 is 25.8 Å². The number of aromatic carboxylic acids is 1. The van der Waals surface area contributed by atoms with Crippen LogP contribution in [0.4, 0.5) is 0 Å². The van der Waals surface area contributed by atoms with Crippen molar-refractivity contribution < 1.29 is 16.0 Å². The highest BCUT2D eigenvalue weighted by molar-refractivity contribution is 14.2. The molecule has 2 aromatic carbocycles. The van der Waals surface area contributed by atoms with Gasteiger partial charge in [0.1, 0.15) is 3.57 Å². The molecule has 0 saturated carbocycles. The molecule has 19 heavy (non-hydrogen) atoms. The zero-order chi connectivity index (χ0) is 14.3. The highest BCUT2D eigenvalue weighted by Gasteiger charge is 2.23. The van der Waals surface area contributed by atoms with Crippen LogP contribution in [-0.2, 0) is 6.14 Å². The summed E-state index contributed by atoms with van der Waals surface area (Å²) < 4.78 is 22.6. The van der Waals surface area contributed by atoms with E-state index in [4.69, 9.17) is 39.9 Å². The molecular formula is C11H4Cl3IO4. The van der Waals surface area contributed by atoms with Crippen molar-refractivity contribution in [2.45, 2.75) is 0 Å². The molecule has 2 rings (SSSR count). The maximum Gasteiger partial charge on any atom is 0.342 e. The Kier molecular flexibility index (Phi) is 4.20. The van der Waals surface area contributed by atoms with Crippen molar-refractivity contribution in [3.63, 3.8) is 0 Å². The highest BCUT2D eigenvalue weighted by atomic mass is 127. The molecule has 0 radical (unpaired) electrons. The van der Waals surface area contributed by atoms with Crippen LogP contribution in [0.3, 0.4) is 0 Å². The van der Waals surface area contributed by atoms with Crippen LogP contribution in [0.1, 0.15) is 10.4 Å². The summed E-state index contributed by atoms with van der Waals surface area (Å²) >= 11 is 13.6. The lowest BCUT2D eigenvalue weighted by molar-refractivity contribution is 0.0696. The van der Waals surface area contributed by atoms with Crippen molar-refractivity contribution in [1.82, 2.24) is 0 Å². The Balaban J connectivity index is 3.10. The summed E-state index contributed by atoms with van der Waals surface area (Å²) in [5.41, 5.74) is -0.428. The van der Waals surface area contributed by atoms with Crippen LogP contribution >= 0.6 is 54.6 Å². The van der Waals surface area contributed by atoms with Crippen LogP contribution in [0.5, 0.6) is 0 Å². The number of halogens is 4. The zero-order valence-electron chi connectivity index (χ0n) is 8.92. The van der Waals surface area contributed by atoms with Crippen molar-refractivity contribution in [2.75, 3.05) is 0 Å². The molecule has 0 fully saturated rings. The molecule has 0 aliphatic carbocycles. The van der Waals surface area contributed by atoms with E-state index in [0.717, 1.165) is 0 Å². The number of hydrogen-bond donors (Lipinski definition) is 1. The second-order valence-corrected chi connectivity index (χ2v) is 7.04. The summed E-state index contributed by atoms with van der Waals surface area (Å²) in [6.45, 7) is 0. The van der Waals surface area contributed by atoms with Gasteiger partial charge in [-0.05, 0) is 12.1 Å². The van der Waals surface area contributed by atoms with E-state index < -0.39 is 31.3 Å². The smallest absolute Gasteiger partial charge is 0.342 e. The monoisotopic (exact) mass is 432 g/mol. The van der Waals surface area contributed by atoms with Crippen molar-refractivity contribution in [1.29, 1.82) is 0 Å². The van der Waals surface area contributed by atoms with Crippen molar-refractivity contribution in [3.05, 3.63) is 42.4 Å². The Morgan fingerprint density at radius 2 is 1.68 bits per heavy atom. The zero-order valence-corrected chi connectivity index (χ0v) is 13.3. The van der Waals surface area contributed by atoms with Gasteiger partial charge in [-0.3, -0.25) is 0 Å². The Morgan fingerprint density at radius 3 is 2.21 bits per heavy atom. The van der Waals surface area contributed by atoms with Crippen LogP contribution in [0.25, 0.3) is 10.8 Å². The fourth-order valence-corrected chi connectivity index (χ4v) is 4.43. The predicted molar refractivity (Wildman–Crippen MR) is 80.0 cm³/mol. The van der Waals surface area contributed by atoms with Crippen molar-refractivity contribution in [2.24, 2.45) is 0 Å². The topological polar surface area (TPSA) is 71.4 Å². The van der Waals surface area contributed by atoms with E-state index in [1.165, 1.54) is 18.2 Å². The molecule has 2 aromatic rings. The second-order valence-electron chi connectivity index (χ2n) is 3.53. The lowest BCUT2D eigenvalue weighted by atomic mass is 10.1. The molecular weight excluding hydrogens is 429 g/mol. The van der Waals surface area contributed by atoms with Gasteiger partial charge in [0.15, 0.2) is 0 Å². The first-order chi connectivity index (χ1) is 8.84. The number of hydrogen-bond acceptors (Lipinski definition) is 3. The molecule has 4 nitrogen and oxygen atoms in total. The third-order valence-corrected chi connectivity index (χ3v) is 5.58. The first kappa shape index (κ1) is 14.8. The molecule has 0 saturated heterocycles. The van der Waals surface area contributed by atoms with Crippen LogP contribution in [-0.4, -0.2) is 11.1 Å². The van der Waals surface area contributed by atoms with Gasteiger partial charge in [0.05, 0.1) is 20.6 Å². The molecule has 1 N–H and O–H groups in total. The lowest BCUT2D eigenvalue weighted by Gasteiger charge is -2.09. The van der Waals surface area contributed by atoms with Gasteiger partial charge < -0.3 is 5.11 Å². The van der Waals surface area contributed by atoms with E-state index in [2.05, 4.69) is 0 Å². The number of carbonyl (C=O) groups is 1. The Morgan fingerprint density at radius 1 is 1.05 bits per heavy atom. The van der Waals surface area contributed by atoms with Crippen LogP contribution < -0.4 is 0 Å². The minimum atomic E-state index is -4.09. The van der Waals surface area contributed by atoms with Gasteiger partial charge in [0.25, 0.3) is 0 Å². The molecule has 0 aromatic heterocycles. The minimum Gasteiger partial charge on any atom is -0.478 e. The number of benzene rings is 2. The lowest BCUT2D eigenvalue weighted by Crippen LogP contribution is -2.02. The van der Waals surface area contributed by atoms with E-state index in [1.54, 1.807) is 0 Å². The maximum atomic E-state index is 11.4. The van der Waals surface area contributed by atoms with Crippen LogP contribution in [0, 0.1) is 3.57 Å². The van der Waals surface area contributed by atoms with Crippen molar-refractivity contribution in [3.8, 4) is 0 Å². The fraction of sp³-hybridized carbons (Fsp3) is 0. The summed E-state index contributed by atoms with van der Waals surface area (Å²) in [4.78, 5) is 11.1. The average Bonchev–Trinajstić information content (AvgIpc) is 2.32. The second kappa shape index (κ2) is 5.40. The van der Waals surface area contributed by atoms with Gasteiger partial charge in [-0.2, -0.15) is 0 Å². The molecule has 0 unspecified atom stereocenters. The third-order valence-electron chi connectivity index (χ3n) is 2.47. The summed E-state index contributed by atoms with van der Waals surface area (Å²) in [6.07, 6.45) is 0. The van der Waals surface area contributed by atoms with E-state index >= 15 is 0 Å². The number of carboxylic acids is 1. The molecule has 0 heterocycles. The van der Waals surface area contributed by atoms with E-state index in [0.29, 0.717) is 5.39 Å². The number of carboxylic acid groups (broad SMARTS) is 1. The summed E-state index contributed by atoms with van der Waals surface area (Å²) in [7, 11) is 0. The van der Waals surface area contributed by atoms with E-state index in [9.17, 15) is 10.9 Å². The Bertz CT molecular complexity index is 775. The van der Waals surface area contributed by atoms with E-state index in [1.807, 2.05) is 0 Å². The SMILES string of the molecule is O=C(O)c1c(Cl)cc2c(Cl)c(Cl)ccc2c1I(=O)=O. The van der Waals surface area contributed by atoms with Crippen LogP contribution in [0.15, 0.2) is 18.2 Å². The molecule has 0 amide bonds. The first-order valence-corrected chi connectivity index (χ1v) is 8.70. The fourth-order valence-electron chi connectivity index (χ4n) is 1.69. The van der Waals surface area contributed by atoms with Crippen LogP contribution in [0.2, 0.25) is 15.1 Å². The predicted octanol–water partition coefficient (Wildman–Crippen LogP) is 4.87.